The number of fused-ring (bicyclic) bond motifs is 1. The average molecular weight is 462 g/mol. The second-order valence-electron chi connectivity index (χ2n) is 7.87. The summed E-state index contributed by atoms with van der Waals surface area (Å²) in [4.78, 5) is 17.3. The van der Waals surface area contributed by atoms with E-state index >= 15 is 0 Å². The van der Waals surface area contributed by atoms with Crippen molar-refractivity contribution in [3.8, 4) is 0 Å². The second kappa shape index (κ2) is 9.00. The van der Waals surface area contributed by atoms with Crippen LogP contribution in [0.4, 0.5) is 0 Å². The van der Waals surface area contributed by atoms with Crippen molar-refractivity contribution >= 4 is 27.0 Å². The number of esters is 1. The summed E-state index contributed by atoms with van der Waals surface area (Å²) in [6, 6.07) is 4.92. The van der Waals surface area contributed by atoms with Crippen LogP contribution in [0.1, 0.15) is 48.6 Å². The maximum Gasteiger partial charge on any atom is 0.342 e. The van der Waals surface area contributed by atoms with E-state index in [1.165, 1.54) is 10.5 Å². The third-order valence-corrected chi connectivity index (χ3v) is 7.42. The molecule has 11 heteroatoms. The molecule has 1 aliphatic heterocycles. The SMILES string of the molecule is CCn1c(COC(=O)c2cn[nH]c2C(C)C)nc2cc(S(=O)(=O)N3CCOCC3)ccc21. The molecule has 0 aliphatic carbocycles. The number of hydrogen-bond acceptors (Lipinski definition) is 7. The minimum atomic E-state index is -3.62. The van der Waals surface area contributed by atoms with Crippen LogP contribution in [-0.2, 0) is 32.6 Å². The Hall–Kier alpha value is -2.76. The highest BCUT2D eigenvalue weighted by Crippen LogP contribution is 2.24. The van der Waals surface area contributed by atoms with Crippen LogP contribution in [0.15, 0.2) is 29.3 Å². The monoisotopic (exact) mass is 461 g/mol. The van der Waals surface area contributed by atoms with Crippen LogP contribution in [0.5, 0.6) is 0 Å². The largest absolute Gasteiger partial charge is 0.454 e. The summed E-state index contributed by atoms with van der Waals surface area (Å²) in [7, 11) is -3.62. The number of imidazole rings is 1. The van der Waals surface area contributed by atoms with Crippen molar-refractivity contribution in [3.63, 3.8) is 0 Å². The average Bonchev–Trinajstić information content (AvgIpc) is 3.42. The van der Waals surface area contributed by atoms with E-state index in [0.29, 0.717) is 49.8 Å². The molecule has 0 bridgehead atoms. The Morgan fingerprint density at radius 1 is 1.28 bits per heavy atom. The predicted octanol–water partition coefficient (Wildman–Crippen LogP) is 2.28. The number of aromatic nitrogens is 4. The lowest BCUT2D eigenvalue weighted by molar-refractivity contribution is 0.0457. The van der Waals surface area contributed by atoms with Gasteiger partial charge in [-0.3, -0.25) is 5.10 Å². The fraction of sp³-hybridized carbons (Fsp3) is 0.476. The van der Waals surface area contributed by atoms with Crippen LogP contribution in [0.2, 0.25) is 0 Å². The maximum absolute atomic E-state index is 13.0. The number of nitrogens with zero attached hydrogens (tertiary/aromatic N) is 4. The molecule has 1 N–H and O–H groups in total. The van der Waals surface area contributed by atoms with Crippen molar-refractivity contribution in [1.29, 1.82) is 0 Å². The molecular formula is C21H27N5O5S. The van der Waals surface area contributed by atoms with Crippen molar-refractivity contribution in [2.45, 2.75) is 44.7 Å². The van der Waals surface area contributed by atoms with Crippen LogP contribution in [0, 0.1) is 0 Å². The van der Waals surface area contributed by atoms with Gasteiger partial charge in [0.05, 0.1) is 41.0 Å². The van der Waals surface area contributed by atoms with E-state index in [1.807, 2.05) is 25.3 Å². The van der Waals surface area contributed by atoms with Gasteiger partial charge in [0.15, 0.2) is 0 Å². The fourth-order valence-corrected chi connectivity index (χ4v) is 5.25. The van der Waals surface area contributed by atoms with Crippen molar-refractivity contribution in [2.75, 3.05) is 26.3 Å². The van der Waals surface area contributed by atoms with Crippen LogP contribution >= 0.6 is 0 Å². The fourth-order valence-electron chi connectivity index (χ4n) is 3.83. The zero-order valence-corrected chi connectivity index (χ0v) is 19.2. The number of morpholine rings is 1. The molecule has 0 unspecified atom stereocenters. The molecule has 1 aromatic carbocycles. The normalized spacial score (nSPS) is 15.5. The third kappa shape index (κ3) is 4.15. The summed E-state index contributed by atoms with van der Waals surface area (Å²) in [6.07, 6.45) is 1.46. The quantitative estimate of drug-likeness (QED) is 0.536. The highest BCUT2D eigenvalue weighted by atomic mass is 32.2. The van der Waals surface area contributed by atoms with Gasteiger partial charge in [-0.25, -0.2) is 18.2 Å². The van der Waals surface area contributed by atoms with Gasteiger partial charge < -0.3 is 14.0 Å². The van der Waals surface area contributed by atoms with Crippen molar-refractivity contribution in [2.24, 2.45) is 0 Å². The number of aryl methyl sites for hydroxylation is 1. The Balaban J connectivity index is 1.59. The molecule has 1 saturated heterocycles. The van der Waals surface area contributed by atoms with Gasteiger partial charge in [-0.15, -0.1) is 0 Å². The van der Waals surface area contributed by atoms with Crippen LogP contribution in [0.25, 0.3) is 11.0 Å². The first kappa shape index (κ1) is 22.4. The van der Waals surface area contributed by atoms with Gasteiger partial charge in [0.1, 0.15) is 18.0 Å². The van der Waals surface area contributed by atoms with E-state index in [0.717, 1.165) is 11.2 Å². The number of aromatic amines is 1. The third-order valence-electron chi connectivity index (χ3n) is 5.52. The van der Waals surface area contributed by atoms with E-state index in [-0.39, 0.29) is 17.4 Å². The number of rotatable bonds is 7. The number of ether oxygens (including phenoxy) is 2. The van der Waals surface area contributed by atoms with Gasteiger partial charge in [-0.1, -0.05) is 13.8 Å². The van der Waals surface area contributed by atoms with Crippen LogP contribution in [-0.4, -0.2) is 64.7 Å². The van der Waals surface area contributed by atoms with Gasteiger partial charge in [0, 0.05) is 19.6 Å². The summed E-state index contributed by atoms with van der Waals surface area (Å²) in [5.74, 6) is 0.172. The lowest BCUT2D eigenvalue weighted by atomic mass is 10.1. The first-order valence-corrected chi connectivity index (χ1v) is 12.0. The molecule has 3 aromatic rings. The number of benzene rings is 1. The summed E-state index contributed by atoms with van der Waals surface area (Å²) in [5.41, 5.74) is 2.44. The number of nitrogens with one attached hydrogen (secondary N) is 1. The molecule has 0 radical (unpaired) electrons. The first-order valence-electron chi connectivity index (χ1n) is 10.6. The molecule has 32 heavy (non-hydrogen) atoms. The summed E-state index contributed by atoms with van der Waals surface area (Å²) < 4.78 is 40.1. The Morgan fingerprint density at radius 2 is 2.03 bits per heavy atom. The number of carbonyl (C=O) groups is 1. The summed E-state index contributed by atoms with van der Waals surface area (Å²) >= 11 is 0. The molecule has 10 nitrogen and oxygen atoms in total. The Labute approximate surface area is 186 Å². The highest BCUT2D eigenvalue weighted by Gasteiger charge is 2.27. The van der Waals surface area contributed by atoms with Crippen LogP contribution < -0.4 is 0 Å². The summed E-state index contributed by atoms with van der Waals surface area (Å²) in [6.45, 7) is 7.88. The zero-order valence-electron chi connectivity index (χ0n) is 18.4. The molecule has 1 aliphatic rings. The predicted molar refractivity (Wildman–Crippen MR) is 117 cm³/mol. The molecule has 3 heterocycles. The Kier molecular flexibility index (Phi) is 6.31. The molecule has 0 amide bonds. The summed E-state index contributed by atoms with van der Waals surface area (Å²) in [5, 5.41) is 6.78. The minimum Gasteiger partial charge on any atom is -0.454 e. The molecule has 172 valence electrons. The topological polar surface area (TPSA) is 119 Å². The number of H-pyrrole nitrogens is 1. The smallest absolute Gasteiger partial charge is 0.342 e. The van der Waals surface area contributed by atoms with E-state index in [1.54, 1.807) is 18.2 Å². The van der Waals surface area contributed by atoms with Crippen molar-refractivity contribution in [3.05, 3.63) is 41.5 Å². The Bertz CT molecular complexity index is 1220. The molecule has 0 saturated carbocycles. The van der Waals surface area contributed by atoms with Gasteiger partial charge in [-0.05, 0) is 31.0 Å². The first-order chi connectivity index (χ1) is 15.3. The van der Waals surface area contributed by atoms with Crippen molar-refractivity contribution in [1.82, 2.24) is 24.1 Å². The minimum absolute atomic E-state index is 0.0321. The second-order valence-corrected chi connectivity index (χ2v) is 9.81. The Morgan fingerprint density at radius 3 is 2.72 bits per heavy atom. The van der Waals surface area contributed by atoms with Gasteiger partial charge in [0.2, 0.25) is 10.0 Å². The molecule has 2 aromatic heterocycles. The van der Waals surface area contributed by atoms with Gasteiger partial charge >= 0.3 is 5.97 Å². The number of carbonyl (C=O) groups excluding carboxylic acids is 1. The van der Waals surface area contributed by atoms with Gasteiger partial charge in [0.25, 0.3) is 0 Å². The lowest BCUT2D eigenvalue weighted by Gasteiger charge is -2.26. The van der Waals surface area contributed by atoms with E-state index in [9.17, 15) is 13.2 Å². The van der Waals surface area contributed by atoms with E-state index < -0.39 is 16.0 Å². The van der Waals surface area contributed by atoms with E-state index in [2.05, 4.69) is 15.2 Å². The highest BCUT2D eigenvalue weighted by molar-refractivity contribution is 7.89. The van der Waals surface area contributed by atoms with Crippen LogP contribution in [0.3, 0.4) is 0 Å². The number of hydrogen-bond donors (Lipinski definition) is 1. The number of sulfonamides is 1. The maximum atomic E-state index is 13.0. The zero-order chi connectivity index (χ0) is 22.9. The molecule has 4 rings (SSSR count). The standard InChI is InChI=1S/C21H27N5O5S/c1-4-26-18-6-5-15(32(28,29)25-7-9-30-10-8-25)11-17(18)23-19(26)13-31-21(27)16-12-22-24-20(16)14(2)3/h5-6,11-12,14H,4,7-10,13H2,1-3H3,(H,22,24). The molecule has 0 spiro atoms. The molecule has 1 fully saturated rings. The lowest BCUT2D eigenvalue weighted by Crippen LogP contribution is -2.40. The van der Waals surface area contributed by atoms with Gasteiger partial charge in [-0.2, -0.15) is 9.40 Å². The van der Waals surface area contributed by atoms with E-state index in [4.69, 9.17) is 9.47 Å². The molecular weight excluding hydrogens is 434 g/mol. The molecule has 0 atom stereocenters. The van der Waals surface area contributed by atoms with Crippen molar-refractivity contribution < 1.29 is 22.7 Å².